The van der Waals surface area contributed by atoms with Gasteiger partial charge in [-0.15, -0.1) is 0 Å². The molecule has 5 nitrogen and oxygen atoms in total. The number of nitrogens with zero attached hydrogens (tertiary/aromatic N) is 3. The summed E-state index contributed by atoms with van der Waals surface area (Å²) in [5, 5.41) is 4.40. The van der Waals surface area contributed by atoms with Gasteiger partial charge in [0.1, 0.15) is 0 Å². The molecule has 0 aliphatic rings. The van der Waals surface area contributed by atoms with E-state index in [2.05, 4.69) is 5.10 Å². The SMILES string of the molecule is CCN(CC)S(=O)(=O)c1ccc(-n2nc(C)cc2C)cc1. The van der Waals surface area contributed by atoms with E-state index in [1.807, 2.05) is 38.4 Å². The molecule has 0 amide bonds. The van der Waals surface area contributed by atoms with Crippen molar-refractivity contribution in [1.29, 1.82) is 0 Å². The van der Waals surface area contributed by atoms with Crippen molar-refractivity contribution in [3.05, 3.63) is 41.7 Å². The van der Waals surface area contributed by atoms with Crippen LogP contribution in [0.15, 0.2) is 35.2 Å². The number of rotatable bonds is 5. The van der Waals surface area contributed by atoms with E-state index in [0.717, 1.165) is 17.1 Å². The van der Waals surface area contributed by atoms with Gasteiger partial charge in [-0.05, 0) is 44.2 Å². The summed E-state index contributed by atoms with van der Waals surface area (Å²) >= 11 is 0. The molecule has 1 heterocycles. The molecule has 0 bridgehead atoms. The lowest BCUT2D eigenvalue weighted by Gasteiger charge is -2.18. The Morgan fingerprint density at radius 1 is 1.10 bits per heavy atom. The normalized spacial score (nSPS) is 12.0. The van der Waals surface area contributed by atoms with Crippen LogP contribution in [-0.4, -0.2) is 35.6 Å². The molecule has 0 saturated carbocycles. The maximum atomic E-state index is 12.4. The van der Waals surface area contributed by atoms with Crippen LogP contribution >= 0.6 is 0 Å². The minimum Gasteiger partial charge on any atom is -0.238 e. The maximum absolute atomic E-state index is 12.4. The van der Waals surface area contributed by atoms with Gasteiger partial charge in [0.2, 0.25) is 10.0 Å². The molecule has 114 valence electrons. The van der Waals surface area contributed by atoms with Crippen LogP contribution in [0.2, 0.25) is 0 Å². The largest absolute Gasteiger partial charge is 0.243 e. The molecule has 0 fully saturated rings. The predicted octanol–water partition coefficient (Wildman–Crippen LogP) is 2.52. The summed E-state index contributed by atoms with van der Waals surface area (Å²) in [7, 11) is -3.40. The summed E-state index contributed by atoms with van der Waals surface area (Å²) in [6.07, 6.45) is 0. The Hall–Kier alpha value is -1.66. The smallest absolute Gasteiger partial charge is 0.238 e. The number of hydrogen-bond donors (Lipinski definition) is 0. The lowest BCUT2D eigenvalue weighted by Crippen LogP contribution is -2.30. The Morgan fingerprint density at radius 2 is 1.67 bits per heavy atom. The molecule has 0 unspecified atom stereocenters. The molecule has 0 aliphatic carbocycles. The second kappa shape index (κ2) is 5.99. The summed E-state index contributed by atoms with van der Waals surface area (Å²) in [4.78, 5) is 0.316. The van der Waals surface area contributed by atoms with Gasteiger partial charge < -0.3 is 0 Å². The van der Waals surface area contributed by atoms with E-state index in [4.69, 9.17) is 0 Å². The van der Waals surface area contributed by atoms with Crippen molar-refractivity contribution in [3.8, 4) is 5.69 Å². The van der Waals surface area contributed by atoms with Crippen LogP contribution in [0.5, 0.6) is 0 Å². The molecule has 21 heavy (non-hydrogen) atoms. The summed E-state index contributed by atoms with van der Waals surface area (Å²) < 4.78 is 28.1. The van der Waals surface area contributed by atoms with E-state index in [0.29, 0.717) is 18.0 Å². The van der Waals surface area contributed by atoms with Gasteiger partial charge in [0, 0.05) is 18.8 Å². The minimum absolute atomic E-state index is 0.316. The fourth-order valence-corrected chi connectivity index (χ4v) is 3.82. The average Bonchev–Trinajstić information content (AvgIpc) is 2.79. The zero-order chi connectivity index (χ0) is 15.6. The van der Waals surface area contributed by atoms with Gasteiger partial charge in [-0.25, -0.2) is 13.1 Å². The van der Waals surface area contributed by atoms with Crippen LogP contribution in [0.4, 0.5) is 0 Å². The van der Waals surface area contributed by atoms with Crippen LogP contribution in [0.25, 0.3) is 5.69 Å². The summed E-state index contributed by atoms with van der Waals surface area (Å²) in [6, 6.07) is 8.84. The fraction of sp³-hybridized carbons (Fsp3) is 0.400. The molecule has 0 spiro atoms. The van der Waals surface area contributed by atoms with Crippen LogP contribution in [0.1, 0.15) is 25.2 Å². The lowest BCUT2D eigenvalue weighted by molar-refractivity contribution is 0.445. The van der Waals surface area contributed by atoms with E-state index in [1.165, 1.54) is 4.31 Å². The number of aromatic nitrogens is 2. The van der Waals surface area contributed by atoms with Crippen molar-refractivity contribution in [1.82, 2.24) is 14.1 Å². The molecule has 2 aromatic rings. The first-order valence-electron chi connectivity index (χ1n) is 7.04. The van der Waals surface area contributed by atoms with Crippen molar-refractivity contribution in [2.75, 3.05) is 13.1 Å². The molecule has 0 atom stereocenters. The van der Waals surface area contributed by atoms with E-state index in [1.54, 1.807) is 24.3 Å². The van der Waals surface area contributed by atoms with Crippen LogP contribution in [-0.2, 0) is 10.0 Å². The summed E-state index contributed by atoms with van der Waals surface area (Å²) in [6.45, 7) is 8.52. The highest BCUT2D eigenvalue weighted by Gasteiger charge is 2.21. The van der Waals surface area contributed by atoms with Crippen LogP contribution in [0, 0.1) is 13.8 Å². The Labute approximate surface area is 126 Å². The summed E-state index contributed by atoms with van der Waals surface area (Å²) in [5.41, 5.74) is 2.82. The fourth-order valence-electron chi connectivity index (χ4n) is 2.36. The molecule has 1 aromatic carbocycles. The van der Waals surface area contributed by atoms with Crippen molar-refractivity contribution in [2.24, 2.45) is 0 Å². The Bertz CT molecular complexity index is 714. The molecule has 6 heteroatoms. The van der Waals surface area contributed by atoms with E-state index in [9.17, 15) is 8.42 Å². The second-order valence-corrected chi connectivity index (χ2v) is 6.86. The standard InChI is InChI=1S/C15H21N3O2S/c1-5-17(6-2)21(19,20)15-9-7-14(8-10-15)18-13(4)11-12(3)16-18/h7-11H,5-6H2,1-4H3. The van der Waals surface area contributed by atoms with Gasteiger partial charge >= 0.3 is 0 Å². The van der Waals surface area contributed by atoms with Crippen LogP contribution < -0.4 is 0 Å². The average molecular weight is 307 g/mol. The molecule has 1 aromatic heterocycles. The highest BCUT2D eigenvalue weighted by Crippen LogP contribution is 2.18. The van der Waals surface area contributed by atoms with Gasteiger partial charge in [-0.1, -0.05) is 13.8 Å². The number of aryl methyl sites for hydroxylation is 2. The third kappa shape index (κ3) is 3.01. The third-order valence-electron chi connectivity index (χ3n) is 3.43. The molecule has 0 radical (unpaired) electrons. The third-order valence-corrected chi connectivity index (χ3v) is 5.50. The quantitative estimate of drug-likeness (QED) is 0.853. The Morgan fingerprint density at radius 3 is 2.10 bits per heavy atom. The maximum Gasteiger partial charge on any atom is 0.243 e. The van der Waals surface area contributed by atoms with E-state index in [-0.39, 0.29) is 0 Å². The molecule has 2 rings (SSSR count). The highest BCUT2D eigenvalue weighted by atomic mass is 32.2. The monoisotopic (exact) mass is 307 g/mol. The zero-order valence-corrected chi connectivity index (χ0v) is 13.7. The van der Waals surface area contributed by atoms with Crippen molar-refractivity contribution in [2.45, 2.75) is 32.6 Å². The topological polar surface area (TPSA) is 55.2 Å². The van der Waals surface area contributed by atoms with E-state index < -0.39 is 10.0 Å². The predicted molar refractivity (Wildman–Crippen MR) is 83.1 cm³/mol. The van der Waals surface area contributed by atoms with Crippen molar-refractivity contribution < 1.29 is 8.42 Å². The number of sulfonamides is 1. The van der Waals surface area contributed by atoms with Gasteiger partial charge in [0.15, 0.2) is 0 Å². The molecule has 0 saturated heterocycles. The number of benzene rings is 1. The van der Waals surface area contributed by atoms with E-state index >= 15 is 0 Å². The van der Waals surface area contributed by atoms with Gasteiger partial charge in [0.25, 0.3) is 0 Å². The van der Waals surface area contributed by atoms with Crippen LogP contribution in [0.3, 0.4) is 0 Å². The van der Waals surface area contributed by atoms with Gasteiger partial charge in [0.05, 0.1) is 16.3 Å². The first-order chi connectivity index (χ1) is 9.90. The molecular formula is C15H21N3O2S. The van der Waals surface area contributed by atoms with Gasteiger partial charge in [-0.3, -0.25) is 0 Å². The zero-order valence-electron chi connectivity index (χ0n) is 12.9. The highest BCUT2D eigenvalue weighted by molar-refractivity contribution is 7.89. The first kappa shape index (κ1) is 15.7. The lowest BCUT2D eigenvalue weighted by atomic mass is 10.3. The minimum atomic E-state index is -3.40. The Kier molecular flexibility index (Phi) is 4.49. The van der Waals surface area contributed by atoms with Crippen molar-refractivity contribution in [3.63, 3.8) is 0 Å². The van der Waals surface area contributed by atoms with Gasteiger partial charge in [-0.2, -0.15) is 9.40 Å². The molecule has 0 N–H and O–H groups in total. The second-order valence-electron chi connectivity index (χ2n) is 4.92. The summed E-state index contributed by atoms with van der Waals surface area (Å²) in [5.74, 6) is 0. The first-order valence-corrected chi connectivity index (χ1v) is 8.48. The molecule has 0 aliphatic heterocycles. The Balaban J connectivity index is 2.38. The van der Waals surface area contributed by atoms with Crippen molar-refractivity contribution >= 4 is 10.0 Å². The molecular weight excluding hydrogens is 286 g/mol. The number of hydrogen-bond acceptors (Lipinski definition) is 3.